The van der Waals surface area contributed by atoms with Crippen LogP contribution in [0, 0.1) is 6.92 Å². The number of aromatic nitrogens is 2. The quantitative estimate of drug-likeness (QED) is 0.711. The fourth-order valence-electron chi connectivity index (χ4n) is 2.33. The highest BCUT2D eigenvalue weighted by atomic mass is 16.5. The number of methoxy groups -OCH3 is 1. The van der Waals surface area contributed by atoms with E-state index in [2.05, 4.69) is 51.8 Å². The summed E-state index contributed by atoms with van der Waals surface area (Å²) in [5.41, 5.74) is 3.25. The third-order valence-corrected chi connectivity index (χ3v) is 3.81. The van der Waals surface area contributed by atoms with Crippen LogP contribution in [0.15, 0.2) is 60.9 Å². The third-order valence-electron chi connectivity index (χ3n) is 3.81. The van der Waals surface area contributed by atoms with Gasteiger partial charge in [-0.2, -0.15) is 0 Å². The summed E-state index contributed by atoms with van der Waals surface area (Å²) in [5.74, 6) is 0.962. The third kappa shape index (κ3) is 4.57. The summed E-state index contributed by atoms with van der Waals surface area (Å²) in [6.07, 6.45) is 3.00. The highest BCUT2D eigenvalue weighted by Gasteiger charge is 2.09. The average Bonchev–Trinajstić information content (AvgIpc) is 2.68. The van der Waals surface area contributed by atoms with E-state index in [4.69, 9.17) is 4.74 Å². The summed E-state index contributed by atoms with van der Waals surface area (Å²) < 4.78 is 5.14. The fraction of sp³-hybridized carbons (Fsp3) is 0.150. The van der Waals surface area contributed by atoms with E-state index >= 15 is 0 Å². The van der Waals surface area contributed by atoms with Crippen molar-refractivity contribution in [3.05, 3.63) is 77.7 Å². The monoisotopic (exact) mass is 348 g/mol. The summed E-state index contributed by atoms with van der Waals surface area (Å²) in [6.45, 7) is 2.70. The second kappa shape index (κ2) is 8.11. The second-order valence-electron chi connectivity index (χ2n) is 5.81. The number of anilines is 2. The van der Waals surface area contributed by atoms with Crippen molar-refractivity contribution in [2.75, 3.05) is 17.7 Å². The molecule has 0 aliphatic rings. The fourth-order valence-corrected chi connectivity index (χ4v) is 2.33. The van der Waals surface area contributed by atoms with Crippen LogP contribution in [0.1, 0.15) is 21.6 Å². The van der Waals surface area contributed by atoms with E-state index in [1.54, 1.807) is 31.5 Å². The Morgan fingerprint density at radius 3 is 2.58 bits per heavy atom. The molecule has 1 amide bonds. The standard InChI is InChI=1S/C20H20N4O2/c1-14-6-8-15(9-7-14)11-22-19-13-21-18(12-23-19)20(25)24-16-4-3-5-17(10-16)26-2/h3-10,12-13H,11H2,1-2H3,(H,22,23)(H,24,25). The molecule has 0 aliphatic carbocycles. The molecule has 26 heavy (non-hydrogen) atoms. The Balaban J connectivity index is 1.59. The highest BCUT2D eigenvalue weighted by molar-refractivity contribution is 6.02. The maximum absolute atomic E-state index is 12.3. The van der Waals surface area contributed by atoms with Gasteiger partial charge in [0.15, 0.2) is 0 Å². The molecule has 6 heteroatoms. The minimum atomic E-state index is -0.323. The van der Waals surface area contributed by atoms with Crippen molar-refractivity contribution in [1.29, 1.82) is 0 Å². The van der Waals surface area contributed by atoms with E-state index in [0.717, 1.165) is 5.56 Å². The normalized spacial score (nSPS) is 10.2. The smallest absolute Gasteiger partial charge is 0.275 e. The Morgan fingerprint density at radius 2 is 1.88 bits per heavy atom. The molecule has 132 valence electrons. The van der Waals surface area contributed by atoms with Crippen molar-refractivity contribution < 1.29 is 9.53 Å². The minimum Gasteiger partial charge on any atom is -0.497 e. The number of aryl methyl sites for hydroxylation is 1. The second-order valence-corrected chi connectivity index (χ2v) is 5.81. The van der Waals surface area contributed by atoms with Crippen molar-refractivity contribution >= 4 is 17.4 Å². The molecule has 0 bridgehead atoms. The van der Waals surface area contributed by atoms with Crippen molar-refractivity contribution in [1.82, 2.24) is 9.97 Å². The van der Waals surface area contributed by atoms with Crippen LogP contribution in [0.25, 0.3) is 0 Å². The molecule has 1 aromatic heterocycles. The number of benzene rings is 2. The van der Waals surface area contributed by atoms with Gasteiger partial charge in [-0.3, -0.25) is 4.79 Å². The molecule has 0 atom stereocenters. The van der Waals surface area contributed by atoms with Crippen molar-refractivity contribution in [3.8, 4) is 5.75 Å². The number of nitrogens with one attached hydrogen (secondary N) is 2. The topological polar surface area (TPSA) is 76.1 Å². The molecule has 0 spiro atoms. The Kier molecular flexibility index (Phi) is 5.43. The molecular formula is C20H20N4O2. The number of ether oxygens (including phenoxy) is 1. The van der Waals surface area contributed by atoms with Gasteiger partial charge in [0.1, 0.15) is 17.3 Å². The van der Waals surface area contributed by atoms with Gasteiger partial charge in [-0.1, -0.05) is 35.9 Å². The Hall–Kier alpha value is -3.41. The van der Waals surface area contributed by atoms with E-state index in [-0.39, 0.29) is 11.6 Å². The number of nitrogens with zero attached hydrogens (tertiary/aromatic N) is 2. The lowest BCUT2D eigenvalue weighted by Crippen LogP contribution is -2.14. The van der Waals surface area contributed by atoms with Gasteiger partial charge < -0.3 is 15.4 Å². The summed E-state index contributed by atoms with van der Waals surface area (Å²) in [7, 11) is 1.58. The van der Waals surface area contributed by atoms with Crippen LogP contribution < -0.4 is 15.4 Å². The Morgan fingerprint density at radius 1 is 1.08 bits per heavy atom. The largest absolute Gasteiger partial charge is 0.497 e. The summed E-state index contributed by atoms with van der Waals surface area (Å²) in [6, 6.07) is 15.4. The molecule has 0 saturated heterocycles. The molecule has 3 aromatic rings. The van der Waals surface area contributed by atoms with E-state index in [0.29, 0.717) is 23.8 Å². The molecule has 0 unspecified atom stereocenters. The zero-order valence-corrected chi connectivity index (χ0v) is 14.7. The number of carbonyl (C=O) groups excluding carboxylic acids is 1. The van der Waals surface area contributed by atoms with Crippen LogP contribution in [0.3, 0.4) is 0 Å². The predicted octanol–water partition coefficient (Wildman–Crippen LogP) is 3.66. The first-order valence-electron chi connectivity index (χ1n) is 8.21. The van der Waals surface area contributed by atoms with Gasteiger partial charge in [0.05, 0.1) is 19.5 Å². The van der Waals surface area contributed by atoms with Gasteiger partial charge in [-0.15, -0.1) is 0 Å². The molecular weight excluding hydrogens is 328 g/mol. The Labute approximate surface area is 152 Å². The van der Waals surface area contributed by atoms with E-state index in [1.165, 1.54) is 11.8 Å². The summed E-state index contributed by atoms with van der Waals surface area (Å²) >= 11 is 0. The Bertz CT molecular complexity index is 877. The number of rotatable bonds is 6. The molecule has 0 aliphatic heterocycles. The lowest BCUT2D eigenvalue weighted by molar-refractivity contribution is 0.102. The van der Waals surface area contributed by atoms with Gasteiger partial charge in [0, 0.05) is 18.3 Å². The molecule has 2 aromatic carbocycles. The highest BCUT2D eigenvalue weighted by Crippen LogP contribution is 2.17. The van der Waals surface area contributed by atoms with Gasteiger partial charge in [0.2, 0.25) is 0 Å². The van der Waals surface area contributed by atoms with Crippen molar-refractivity contribution in [2.24, 2.45) is 0 Å². The lowest BCUT2D eigenvalue weighted by atomic mass is 10.1. The zero-order chi connectivity index (χ0) is 18.4. The molecule has 0 radical (unpaired) electrons. The molecule has 2 N–H and O–H groups in total. The van der Waals surface area contributed by atoms with Crippen molar-refractivity contribution in [3.63, 3.8) is 0 Å². The summed E-state index contributed by atoms with van der Waals surface area (Å²) in [4.78, 5) is 20.7. The summed E-state index contributed by atoms with van der Waals surface area (Å²) in [5, 5.41) is 5.96. The van der Waals surface area contributed by atoms with E-state index in [9.17, 15) is 4.79 Å². The predicted molar refractivity (Wildman–Crippen MR) is 101 cm³/mol. The van der Waals surface area contributed by atoms with Crippen molar-refractivity contribution in [2.45, 2.75) is 13.5 Å². The van der Waals surface area contributed by atoms with Crippen LogP contribution in [0.5, 0.6) is 5.75 Å². The first kappa shape index (κ1) is 17.4. The molecule has 0 saturated carbocycles. The maximum atomic E-state index is 12.3. The number of amides is 1. The SMILES string of the molecule is COc1cccc(NC(=O)c2cnc(NCc3ccc(C)cc3)cn2)c1. The van der Waals surface area contributed by atoms with Gasteiger partial charge in [-0.05, 0) is 24.6 Å². The van der Waals surface area contributed by atoms with E-state index < -0.39 is 0 Å². The molecule has 6 nitrogen and oxygen atoms in total. The number of hydrogen-bond donors (Lipinski definition) is 2. The van der Waals surface area contributed by atoms with Crippen LogP contribution in [-0.2, 0) is 6.54 Å². The van der Waals surface area contributed by atoms with E-state index in [1.807, 2.05) is 6.07 Å². The molecule has 0 fully saturated rings. The van der Waals surface area contributed by atoms with Gasteiger partial charge >= 0.3 is 0 Å². The minimum absolute atomic E-state index is 0.244. The number of carbonyl (C=O) groups is 1. The lowest BCUT2D eigenvalue weighted by Gasteiger charge is -2.08. The van der Waals surface area contributed by atoms with Gasteiger partial charge in [-0.25, -0.2) is 9.97 Å². The number of hydrogen-bond acceptors (Lipinski definition) is 5. The van der Waals surface area contributed by atoms with Crippen LogP contribution >= 0.6 is 0 Å². The molecule has 3 rings (SSSR count). The van der Waals surface area contributed by atoms with Crippen LogP contribution in [-0.4, -0.2) is 23.0 Å². The molecule has 1 heterocycles. The van der Waals surface area contributed by atoms with Crippen LogP contribution in [0.2, 0.25) is 0 Å². The van der Waals surface area contributed by atoms with Gasteiger partial charge in [0.25, 0.3) is 5.91 Å². The first-order chi connectivity index (χ1) is 12.6. The first-order valence-corrected chi connectivity index (χ1v) is 8.21. The van der Waals surface area contributed by atoms with Crippen LogP contribution in [0.4, 0.5) is 11.5 Å². The zero-order valence-electron chi connectivity index (χ0n) is 14.7. The maximum Gasteiger partial charge on any atom is 0.275 e. The average molecular weight is 348 g/mol.